The van der Waals surface area contributed by atoms with E-state index in [0.717, 1.165) is 24.4 Å². The van der Waals surface area contributed by atoms with Crippen molar-refractivity contribution in [3.05, 3.63) is 41.9 Å². The van der Waals surface area contributed by atoms with Gasteiger partial charge in [0.1, 0.15) is 13.2 Å². The van der Waals surface area contributed by atoms with Crippen LogP contribution in [0, 0.1) is 0 Å². The van der Waals surface area contributed by atoms with Crippen LogP contribution in [-0.4, -0.2) is 20.3 Å². The molecule has 1 atom stereocenters. The fourth-order valence-electron chi connectivity index (χ4n) is 2.26. The molecule has 0 fully saturated rings. The minimum absolute atomic E-state index is 0.000858. The minimum Gasteiger partial charge on any atom is -0.486 e. The highest BCUT2D eigenvalue weighted by Gasteiger charge is 2.22. The molecule has 1 aliphatic heterocycles. The van der Waals surface area contributed by atoms with Gasteiger partial charge in [-0.3, -0.25) is 0 Å². The summed E-state index contributed by atoms with van der Waals surface area (Å²) in [6, 6.07) is 5.87. The molecule has 1 N–H and O–H groups in total. The molecular weight excluding hydrogens is 441 g/mol. The summed E-state index contributed by atoms with van der Waals surface area (Å²) in [5.74, 6) is 1.45. The van der Waals surface area contributed by atoms with Crippen LogP contribution < -0.4 is 14.8 Å². The van der Waals surface area contributed by atoms with E-state index in [1.54, 1.807) is 11.3 Å². The molecule has 0 bridgehead atoms. The lowest BCUT2D eigenvalue weighted by Gasteiger charge is -2.22. The van der Waals surface area contributed by atoms with Crippen molar-refractivity contribution < 1.29 is 9.47 Å². The molecule has 21 heavy (non-hydrogen) atoms. The zero-order chi connectivity index (χ0) is 15.0. The topological polar surface area (TPSA) is 30.5 Å². The summed E-state index contributed by atoms with van der Waals surface area (Å²) in [6.45, 7) is 1.12. The summed E-state index contributed by atoms with van der Waals surface area (Å²) >= 11 is 15.2. The Bertz CT molecular complexity index is 658. The number of rotatable bonds is 3. The second-order valence-corrected chi connectivity index (χ2v) is 8.17. The predicted molar refractivity (Wildman–Crippen MR) is 93.1 cm³/mol. The Labute approximate surface area is 148 Å². The van der Waals surface area contributed by atoms with Crippen LogP contribution >= 0.6 is 54.8 Å². The SMILES string of the molecule is CNC(c1cc(Br)c(Br)s1)c1cc2c(cc1Cl)OCCO2. The lowest BCUT2D eigenvalue weighted by atomic mass is 10.0. The number of nitrogens with one attached hydrogen (secondary N) is 1. The third kappa shape index (κ3) is 3.10. The minimum atomic E-state index is 0.000858. The maximum atomic E-state index is 6.44. The van der Waals surface area contributed by atoms with Crippen LogP contribution in [0.3, 0.4) is 0 Å². The third-order valence-corrected chi connectivity index (χ3v) is 6.86. The predicted octanol–water partition coefficient (Wildman–Crippen LogP) is 5.01. The number of halogens is 3. The Morgan fingerprint density at radius 1 is 1.19 bits per heavy atom. The molecular formula is C14H12Br2ClNO2S. The maximum absolute atomic E-state index is 6.44. The maximum Gasteiger partial charge on any atom is 0.162 e. The molecule has 0 saturated carbocycles. The molecule has 112 valence electrons. The summed E-state index contributed by atoms with van der Waals surface area (Å²) in [6.07, 6.45) is 0. The standard InChI is InChI=1S/C14H12Br2ClNO2S/c1-18-13(12-5-8(15)14(16)21-12)7-4-10-11(6-9(7)17)20-3-2-19-10/h4-6,13,18H,2-3H2,1H3. The van der Waals surface area contributed by atoms with Crippen molar-refractivity contribution in [2.24, 2.45) is 0 Å². The van der Waals surface area contributed by atoms with E-state index in [4.69, 9.17) is 21.1 Å². The molecule has 3 nitrogen and oxygen atoms in total. The number of benzene rings is 1. The van der Waals surface area contributed by atoms with Crippen LogP contribution in [0.1, 0.15) is 16.5 Å². The molecule has 3 rings (SSSR count). The van der Waals surface area contributed by atoms with E-state index in [1.807, 2.05) is 19.2 Å². The van der Waals surface area contributed by atoms with Gasteiger partial charge in [0.05, 0.1) is 9.83 Å². The first-order chi connectivity index (χ1) is 10.1. The Kier molecular flexibility index (Phi) is 4.81. The van der Waals surface area contributed by atoms with Crippen LogP contribution in [-0.2, 0) is 0 Å². The van der Waals surface area contributed by atoms with Crippen molar-refractivity contribution in [2.45, 2.75) is 6.04 Å². The van der Waals surface area contributed by atoms with Crippen molar-refractivity contribution in [3.63, 3.8) is 0 Å². The zero-order valence-electron chi connectivity index (χ0n) is 11.1. The second kappa shape index (κ2) is 6.46. The van der Waals surface area contributed by atoms with Crippen molar-refractivity contribution in [2.75, 3.05) is 20.3 Å². The van der Waals surface area contributed by atoms with Gasteiger partial charge in [0.25, 0.3) is 0 Å². The van der Waals surface area contributed by atoms with Crippen LogP contribution in [0.5, 0.6) is 11.5 Å². The smallest absolute Gasteiger partial charge is 0.162 e. The molecule has 0 aliphatic carbocycles. The van der Waals surface area contributed by atoms with E-state index in [9.17, 15) is 0 Å². The molecule has 1 aromatic carbocycles. The van der Waals surface area contributed by atoms with Gasteiger partial charge in [-0.1, -0.05) is 11.6 Å². The number of thiophene rings is 1. The van der Waals surface area contributed by atoms with E-state index >= 15 is 0 Å². The van der Waals surface area contributed by atoms with E-state index in [-0.39, 0.29) is 6.04 Å². The van der Waals surface area contributed by atoms with Gasteiger partial charge in [-0.25, -0.2) is 0 Å². The number of hydrogen-bond acceptors (Lipinski definition) is 4. The molecule has 0 radical (unpaired) electrons. The number of ether oxygens (including phenoxy) is 2. The highest BCUT2D eigenvalue weighted by molar-refractivity contribution is 9.13. The number of fused-ring (bicyclic) bond motifs is 1. The lowest BCUT2D eigenvalue weighted by molar-refractivity contribution is 0.171. The average Bonchev–Trinajstić information content (AvgIpc) is 2.80. The second-order valence-electron chi connectivity index (χ2n) is 4.51. The fourth-order valence-corrected chi connectivity index (χ4v) is 4.74. The summed E-state index contributed by atoms with van der Waals surface area (Å²) in [7, 11) is 1.92. The van der Waals surface area contributed by atoms with Gasteiger partial charge in [0, 0.05) is 20.4 Å². The van der Waals surface area contributed by atoms with Gasteiger partial charge in [-0.15, -0.1) is 11.3 Å². The Morgan fingerprint density at radius 3 is 2.43 bits per heavy atom. The molecule has 0 saturated heterocycles. The molecule has 1 unspecified atom stereocenters. The first-order valence-corrected chi connectivity index (χ1v) is 9.09. The van der Waals surface area contributed by atoms with Crippen LogP contribution in [0.2, 0.25) is 5.02 Å². The fraction of sp³-hybridized carbons (Fsp3) is 0.286. The van der Waals surface area contributed by atoms with Gasteiger partial charge in [-0.2, -0.15) is 0 Å². The van der Waals surface area contributed by atoms with E-state index in [0.29, 0.717) is 24.0 Å². The largest absolute Gasteiger partial charge is 0.486 e. The first-order valence-electron chi connectivity index (χ1n) is 6.31. The van der Waals surface area contributed by atoms with Gasteiger partial charge in [0.2, 0.25) is 0 Å². The highest BCUT2D eigenvalue weighted by Crippen LogP contribution is 2.42. The zero-order valence-corrected chi connectivity index (χ0v) is 15.8. The highest BCUT2D eigenvalue weighted by atomic mass is 79.9. The van der Waals surface area contributed by atoms with Crippen molar-refractivity contribution >= 4 is 54.8 Å². The van der Waals surface area contributed by atoms with E-state index in [2.05, 4.69) is 43.2 Å². The van der Waals surface area contributed by atoms with Crippen molar-refractivity contribution in [3.8, 4) is 11.5 Å². The molecule has 1 aromatic heterocycles. The van der Waals surface area contributed by atoms with Gasteiger partial charge >= 0.3 is 0 Å². The quantitative estimate of drug-likeness (QED) is 0.709. The molecule has 0 amide bonds. The Balaban J connectivity index is 2.04. The van der Waals surface area contributed by atoms with Crippen LogP contribution in [0.15, 0.2) is 26.5 Å². The molecule has 0 spiro atoms. The van der Waals surface area contributed by atoms with Gasteiger partial charge in [-0.05, 0) is 56.6 Å². The van der Waals surface area contributed by atoms with Crippen LogP contribution in [0.25, 0.3) is 0 Å². The molecule has 7 heteroatoms. The molecule has 1 aliphatic rings. The van der Waals surface area contributed by atoms with Crippen LogP contribution in [0.4, 0.5) is 0 Å². The average molecular weight is 454 g/mol. The van der Waals surface area contributed by atoms with E-state index in [1.165, 1.54) is 0 Å². The van der Waals surface area contributed by atoms with Gasteiger partial charge < -0.3 is 14.8 Å². The Morgan fingerprint density at radius 2 is 1.86 bits per heavy atom. The lowest BCUT2D eigenvalue weighted by Crippen LogP contribution is -2.19. The van der Waals surface area contributed by atoms with Gasteiger partial charge in [0.15, 0.2) is 11.5 Å². The summed E-state index contributed by atoms with van der Waals surface area (Å²) < 4.78 is 13.3. The van der Waals surface area contributed by atoms with E-state index < -0.39 is 0 Å². The molecule has 2 heterocycles. The van der Waals surface area contributed by atoms with Crippen molar-refractivity contribution in [1.82, 2.24) is 5.32 Å². The first kappa shape index (κ1) is 15.6. The summed E-state index contributed by atoms with van der Waals surface area (Å²) in [5.41, 5.74) is 0.977. The summed E-state index contributed by atoms with van der Waals surface area (Å²) in [5, 5.41) is 3.98. The van der Waals surface area contributed by atoms with Crippen molar-refractivity contribution in [1.29, 1.82) is 0 Å². The summed E-state index contributed by atoms with van der Waals surface area (Å²) in [4.78, 5) is 1.16. The monoisotopic (exact) mass is 451 g/mol. The Hall–Kier alpha value is -0.270. The normalized spacial score (nSPS) is 15.0. The number of hydrogen-bond donors (Lipinski definition) is 1. The molecule has 2 aromatic rings. The third-order valence-electron chi connectivity index (χ3n) is 3.21.